The van der Waals surface area contributed by atoms with Gasteiger partial charge in [0.15, 0.2) is 11.6 Å². The summed E-state index contributed by atoms with van der Waals surface area (Å²) in [5.74, 6) is -1.79. The molecule has 0 radical (unpaired) electrons. The SMILES string of the molecule is Nc1ccc(Oc2cc(Br)cc(F)c2F)cc1. The first kappa shape index (κ1) is 11.9. The smallest absolute Gasteiger partial charge is 0.201 e. The minimum absolute atomic E-state index is 0.179. The molecule has 0 amide bonds. The van der Waals surface area contributed by atoms with Crippen molar-refractivity contribution < 1.29 is 13.5 Å². The zero-order valence-electron chi connectivity index (χ0n) is 8.58. The van der Waals surface area contributed by atoms with Gasteiger partial charge in [0.1, 0.15) is 5.75 Å². The fraction of sp³-hybridized carbons (Fsp3) is 0. The Labute approximate surface area is 105 Å². The van der Waals surface area contributed by atoms with E-state index >= 15 is 0 Å². The predicted molar refractivity (Wildman–Crippen MR) is 65.0 cm³/mol. The molecular weight excluding hydrogens is 292 g/mol. The molecule has 2 aromatic rings. The van der Waals surface area contributed by atoms with Crippen LogP contribution in [0.1, 0.15) is 0 Å². The molecule has 0 saturated heterocycles. The van der Waals surface area contributed by atoms with Crippen LogP contribution in [-0.4, -0.2) is 0 Å². The molecule has 88 valence electrons. The maximum Gasteiger partial charge on any atom is 0.201 e. The van der Waals surface area contributed by atoms with E-state index in [1.54, 1.807) is 24.3 Å². The maximum atomic E-state index is 13.4. The topological polar surface area (TPSA) is 35.2 Å². The van der Waals surface area contributed by atoms with Crippen molar-refractivity contribution in [1.82, 2.24) is 0 Å². The fourth-order valence-electron chi connectivity index (χ4n) is 1.27. The van der Waals surface area contributed by atoms with Crippen molar-refractivity contribution in [2.24, 2.45) is 0 Å². The largest absolute Gasteiger partial charge is 0.454 e. The van der Waals surface area contributed by atoms with E-state index in [1.807, 2.05) is 0 Å². The van der Waals surface area contributed by atoms with Gasteiger partial charge in [-0.25, -0.2) is 4.39 Å². The molecule has 2 aromatic carbocycles. The summed E-state index contributed by atoms with van der Waals surface area (Å²) in [6.07, 6.45) is 0. The third-order valence-electron chi connectivity index (χ3n) is 2.07. The summed E-state index contributed by atoms with van der Waals surface area (Å²) in [5, 5.41) is 0. The maximum absolute atomic E-state index is 13.4. The zero-order chi connectivity index (χ0) is 12.4. The number of halogens is 3. The molecule has 2 N–H and O–H groups in total. The summed E-state index contributed by atoms with van der Waals surface area (Å²) < 4.78 is 32.1. The van der Waals surface area contributed by atoms with Gasteiger partial charge in [0.2, 0.25) is 5.82 Å². The second kappa shape index (κ2) is 4.71. The van der Waals surface area contributed by atoms with Crippen molar-refractivity contribution in [3.05, 3.63) is 52.5 Å². The molecule has 0 heterocycles. The molecular formula is C12H8BrF2NO. The highest BCUT2D eigenvalue weighted by Crippen LogP contribution is 2.29. The fourth-order valence-corrected chi connectivity index (χ4v) is 1.68. The summed E-state index contributed by atoms with van der Waals surface area (Å²) >= 11 is 3.07. The zero-order valence-corrected chi connectivity index (χ0v) is 10.2. The van der Waals surface area contributed by atoms with Gasteiger partial charge in [0.25, 0.3) is 0 Å². The van der Waals surface area contributed by atoms with Crippen molar-refractivity contribution in [3.63, 3.8) is 0 Å². The van der Waals surface area contributed by atoms with Crippen LogP contribution >= 0.6 is 15.9 Å². The van der Waals surface area contributed by atoms with Crippen LogP contribution in [0.3, 0.4) is 0 Å². The van der Waals surface area contributed by atoms with Crippen LogP contribution in [-0.2, 0) is 0 Å². The van der Waals surface area contributed by atoms with E-state index in [9.17, 15) is 8.78 Å². The van der Waals surface area contributed by atoms with Crippen LogP contribution in [0, 0.1) is 11.6 Å². The van der Waals surface area contributed by atoms with E-state index in [2.05, 4.69) is 15.9 Å². The van der Waals surface area contributed by atoms with Crippen LogP contribution in [0.2, 0.25) is 0 Å². The first-order valence-electron chi connectivity index (χ1n) is 4.74. The lowest BCUT2D eigenvalue weighted by molar-refractivity contribution is 0.415. The number of hydrogen-bond acceptors (Lipinski definition) is 2. The monoisotopic (exact) mass is 299 g/mol. The summed E-state index contributed by atoms with van der Waals surface area (Å²) in [4.78, 5) is 0. The van der Waals surface area contributed by atoms with E-state index in [-0.39, 0.29) is 5.75 Å². The Morgan fingerprint density at radius 3 is 2.35 bits per heavy atom. The van der Waals surface area contributed by atoms with E-state index < -0.39 is 11.6 Å². The Morgan fingerprint density at radius 1 is 1.06 bits per heavy atom. The van der Waals surface area contributed by atoms with Crippen LogP contribution in [0.4, 0.5) is 14.5 Å². The van der Waals surface area contributed by atoms with Gasteiger partial charge < -0.3 is 10.5 Å². The minimum atomic E-state index is -1.02. The molecule has 0 unspecified atom stereocenters. The molecule has 0 atom stereocenters. The molecule has 5 heteroatoms. The lowest BCUT2D eigenvalue weighted by Crippen LogP contribution is -1.92. The number of nitrogens with two attached hydrogens (primary N) is 1. The summed E-state index contributed by atoms with van der Waals surface area (Å²) in [7, 11) is 0. The van der Waals surface area contributed by atoms with Crippen LogP contribution < -0.4 is 10.5 Å². The highest BCUT2D eigenvalue weighted by Gasteiger charge is 2.12. The molecule has 0 aliphatic heterocycles. The number of nitrogen functional groups attached to an aromatic ring is 1. The lowest BCUT2D eigenvalue weighted by atomic mass is 10.3. The lowest BCUT2D eigenvalue weighted by Gasteiger charge is -2.08. The Morgan fingerprint density at radius 2 is 1.71 bits per heavy atom. The van der Waals surface area contributed by atoms with Crippen LogP contribution in [0.15, 0.2) is 40.9 Å². The summed E-state index contributed by atoms with van der Waals surface area (Å²) in [5.41, 5.74) is 6.07. The number of benzene rings is 2. The van der Waals surface area contributed by atoms with E-state index in [1.165, 1.54) is 6.07 Å². The van der Waals surface area contributed by atoms with Gasteiger partial charge in [-0.2, -0.15) is 4.39 Å². The van der Waals surface area contributed by atoms with Crippen molar-refractivity contribution in [2.45, 2.75) is 0 Å². The van der Waals surface area contributed by atoms with E-state index in [4.69, 9.17) is 10.5 Å². The van der Waals surface area contributed by atoms with Gasteiger partial charge >= 0.3 is 0 Å². The average Bonchev–Trinajstić information content (AvgIpc) is 2.28. The molecule has 2 rings (SSSR count). The molecule has 0 spiro atoms. The predicted octanol–water partition coefficient (Wildman–Crippen LogP) is 4.10. The van der Waals surface area contributed by atoms with Gasteiger partial charge in [-0.1, -0.05) is 15.9 Å². The van der Waals surface area contributed by atoms with Crippen LogP contribution in [0.25, 0.3) is 0 Å². The normalized spacial score (nSPS) is 10.3. The highest BCUT2D eigenvalue weighted by atomic mass is 79.9. The second-order valence-electron chi connectivity index (χ2n) is 3.37. The molecule has 17 heavy (non-hydrogen) atoms. The molecule has 0 fully saturated rings. The minimum Gasteiger partial charge on any atom is -0.454 e. The van der Waals surface area contributed by atoms with Gasteiger partial charge in [0, 0.05) is 10.2 Å². The van der Waals surface area contributed by atoms with Crippen LogP contribution in [0.5, 0.6) is 11.5 Å². The summed E-state index contributed by atoms with van der Waals surface area (Å²) in [6, 6.07) is 8.77. The van der Waals surface area contributed by atoms with E-state index in [0.29, 0.717) is 15.9 Å². The third kappa shape index (κ3) is 2.74. The van der Waals surface area contributed by atoms with Crippen molar-refractivity contribution in [1.29, 1.82) is 0 Å². The van der Waals surface area contributed by atoms with Gasteiger partial charge in [-0.05, 0) is 36.4 Å². The van der Waals surface area contributed by atoms with Gasteiger partial charge in [-0.3, -0.25) is 0 Å². The Bertz CT molecular complexity index is 543. The molecule has 0 saturated carbocycles. The molecule has 0 bridgehead atoms. The number of anilines is 1. The molecule has 0 aromatic heterocycles. The highest BCUT2D eigenvalue weighted by molar-refractivity contribution is 9.10. The molecule has 0 aliphatic rings. The second-order valence-corrected chi connectivity index (χ2v) is 4.29. The molecule has 2 nitrogen and oxygen atoms in total. The quantitative estimate of drug-likeness (QED) is 0.669. The molecule has 0 aliphatic carbocycles. The number of hydrogen-bond donors (Lipinski definition) is 1. The summed E-state index contributed by atoms with van der Waals surface area (Å²) in [6.45, 7) is 0. The Hall–Kier alpha value is -1.62. The number of ether oxygens (including phenoxy) is 1. The Kier molecular flexibility index (Phi) is 3.28. The average molecular weight is 300 g/mol. The first-order valence-corrected chi connectivity index (χ1v) is 5.53. The van der Waals surface area contributed by atoms with E-state index in [0.717, 1.165) is 6.07 Å². The first-order chi connectivity index (χ1) is 8.06. The number of rotatable bonds is 2. The Balaban J connectivity index is 2.32. The third-order valence-corrected chi connectivity index (χ3v) is 2.53. The van der Waals surface area contributed by atoms with Gasteiger partial charge in [0.05, 0.1) is 0 Å². The van der Waals surface area contributed by atoms with Crippen molar-refractivity contribution in [2.75, 3.05) is 5.73 Å². The standard InChI is InChI=1S/C12H8BrF2NO/c13-7-5-10(14)12(15)11(6-7)17-9-3-1-8(16)2-4-9/h1-6H,16H2. The van der Waals surface area contributed by atoms with Crippen molar-refractivity contribution >= 4 is 21.6 Å². The van der Waals surface area contributed by atoms with Gasteiger partial charge in [-0.15, -0.1) is 0 Å². The van der Waals surface area contributed by atoms with Crippen molar-refractivity contribution in [3.8, 4) is 11.5 Å².